The van der Waals surface area contributed by atoms with Gasteiger partial charge in [0.1, 0.15) is 11.9 Å². The van der Waals surface area contributed by atoms with Crippen molar-refractivity contribution in [3.05, 3.63) is 52.5 Å². The summed E-state index contributed by atoms with van der Waals surface area (Å²) in [6.07, 6.45) is 2.41. The van der Waals surface area contributed by atoms with Gasteiger partial charge in [-0.3, -0.25) is 9.59 Å². The standard InChI is InChI=1S/C17H17FN2O2S/c18-12-5-3-6-13(11-12)19-16(21)14-7-1-2-9-20(14)17(22)15-8-4-10-23-15/h3-6,8,10-11,14H,1-2,7,9H2,(H,19,21)/t14-/m1/s1. The van der Waals surface area contributed by atoms with Gasteiger partial charge in [-0.15, -0.1) is 11.3 Å². The fraction of sp³-hybridized carbons (Fsp3) is 0.294. The van der Waals surface area contributed by atoms with E-state index in [2.05, 4.69) is 5.32 Å². The third-order valence-electron chi connectivity index (χ3n) is 3.89. The number of nitrogens with zero attached hydrogens (tertiary/aromatic N) is 1. The van der Waals surface area contributed by atoms with Crippen LogP contribution >= 0.6 is 11.3 Å². The topological polar surface area (TPSA) is 49.4 Å². The average molecular weight is 332 g/mol. The Kier molecular flexibility index (Phi) is 4.71. The number of hydrogen-bond acceptors (Lipinski definition) is 3. The maximum absolute atomic E-state index is 13.2. The number of thiophene rings is 1. The molecule has 1 aromatic carbocycles. The zero-order valence-corrected chi connectivity index (χ0v) is 13.3. The molecule has 1 fully saturated rings. The van der Waals surface area contributed by atoms with Gasteiger partial charge in [-0.2, -0.15) is 0 Å². The Balaban J connectivity index is 1.75. The molecule has 3 rings (SSSR count). The molecule has 1 saturated heterocycles. The molecule has 0 radical (unpaired) electrons. The molecule has 1 atom stereocenters. The van der Waals surface area contributed by atoms with Crippen molar-refractivity contribution in [3.63, 3.8) is 0 Å². The van der Waals surface area contributed by atoms with Crippen LogP contribution in [0.3, 0.4) is 0 Å². The highest BCUT2D eigenvalue weighted by atomic mass is 32.1. The Morgan fingerprint density at radius 1 is 1.22 bits per heavy atom. The van der Waals surface area contributed by atoms with Crippen molar-refractivity contribution in [2.45, 2.75) is 25.3 Å². The fourth-order valence-corrected chi connectivity index (χ4v) is 3.46. The van der Waals surface area contributed by atoms with E-state index < -0.39 is 11.9 Å². The van der Waals surface area contributed by atoms with Crippen molar-refractivity contribution in [2.75, 3.05) is 11.9 Å². The number of rotatable bonds is 3. The summed E-state index contributed by atoms with van der Waals surface area (Å²) in [5, 5.41) is 4.56. The minimum atomic E-state index is -0.512. The van der Waals surface area contributed by atoms with Crippen LogP contribution in [0.1, 0.15) is 28.9 Å². The van der Waals surface area contributed by atoms with Gasteiger partial charge in [0.25, 0.3) is 5.91 Å². The molecule has 1 N–H and O–H groups in total. The summed E-state index contributed by atoms with van der Waals surface area (Å²) < 4.78 is 13.2. The summed E-state index contributed by atoms with van der Waals surface area (Å²) in [5.41, 5.74) is 0.407. The van der Waals surface area contributed by atoms with Gasteiger partial charge >= 0.3 is 0 Å². The van der Waals surface area contributed by atoms with Crippen molar-refractivity contribution in [1.82, 2.24) is 4.90 Å². The highest BCUT2D eigenvalue weighted by molar-refractivity contribution is 7.12. The lowest BCUT2D eigenvalue weighted by Crippen LogP contribution is -2.49. The molecule has 1 aliphatic rings. The molecule has 0 unspecified atom stereocenters. The number of amides is 2. The molecule has 1 aromatic heterocycles. The van der Waals surface area contributed by atoms with Crippen LogP contribution in [-0.2, 0) is 4.79 Å². The van der Waals surface area contributed by atoms with Gasteiger partial charge in [0.05, 0.1) is 4.88 Å². The van der Waals surface area contributed by atoms with Gasteiger partial charge in [-0.05, 0) is 48.9 Å². The van der Waals surface area contributed by atoms with Crippen molar-refractivity contribution in [3.8, 4) is 0 Å². The first kappa shape index (κ1) is 15.7. The summed E-state index contributed by atoms with van der Waals surface area (Å²) in [5.74, 6) is -0.780. The van der Waals surface area contributed by atoms with Gasteiger partial charge in [0.15, 0.2) is 0 Å². The summed E-state index contributed by atoms with van der Waals surface area (Å²) in [6.45, 7) is 0.567. The van der Waals surface area contributed by atoms with Crippen LogP contribution in [0.2, 0.25) is 0 Å². The SMILES string of the molecule is O=C(Nc1cccc(F)c1)[C@H]1CCCCN1C(=O)c1cccs1. The molecule has 0 saturated carbocycles. The zero-order valence-electron chi connectivity index (χ0n) is 12.5. The van der Waals surface area contributed by atoms with E-state index in [4.69, 9.17) is 0 Å². The monoisotopic (exact) mass is 332 g/mol. The van der Waals surface area contributed by atoms with E-state index in [1.165, 1.54) is 23.5 Å². The molecule has 120 valence electrons. The molecule has 6 heteroatoms. The number of nitrogens with one attached hydrogen (secondary N) is 1. The second kappa shape index (κ2) is 6.91. The van der Waals surface area contributed by atoms with Crippen LogP contribution in [-0.4, -0.2) is 29.3 Å². The maximum Gasteiger partial charge on any atom is 0.264 e. The van der Waals surface area contributed by atoms with E-state index in [9.17, 15) is 14.0 Å². The summed E-state index contributed by atoms with van der Waals surface area (Å²) in [6, 6.07) is 8.85. The average Bonchev–Trinajstić information content (AvgIpc) is 3.08. The molecule has 23 heavy (non-hydrogen) atoms. The number of carbonyl (C=O) groups excluding carboxylic acids is 2. The van der Waals surface area contributed by atoms with Crippen molar-refractivity contribution >= 4 is 28.8 Å². The molecule has 0 bridgehead atoms. The molecule has 2 amide bonds. The molecular weight excluding hydrogens is 315 g/mol. The van der Waals surface area contributed by atoms with E-state index in [0.717, 1.165) is 12.8 Å². The van der Waals surface area contributed by atoms with Crippen molar-refractivity contribution in [1.29, 1.82) is 0 Å². The zero-order chi connectivity index (χ0) is 16.2. The third kappa shape index (κ3) is 3.59. The van der Waals surface area contributed by atoms with Crippen LogP contribution in [0, 0.1) is 5.82 Å². The van der Waals surface area contributed by atoms with Crippen LogP contribution < -0.4 is 5.32 Å². The molecule has 2 aromatic rings. The van der Waals surface area contributed by atoms with Crippen LogP contribution in [0.25, 0.3) is 0 Å². The number of anilines is 1. The smallest absolute Gasteiger partial charge is 0.264 e. The van der Waals surface area contributed by atoms with Gasteiger partial charge in [-0.1, -0.05) is 12.1 Å². The molecule has 0 aliphatic carbocycles. The predicted octanol–water partition coefficient (Wildman–Crippen LogP) is 3.52. The number of carbonyl (C=O) groups is 2. The number of halogens is 1. The maximum atomic E-state index is 13.2. The Labute approximate surface area is 137 Å². The van der Waals surface area contributed by atoms with Gasteiger partial charge in [0.2, 0.25) is 5.91 Å². The van der Waals surface area contributed by atoms with Crippen LogP contribution in [0.15, 0.2) is 41.8 Å². The van der Waals surface area contributed by atoms with Gasteiger partial charge in [-0.25, -0.2) is 4.39 Å². The quantitative estimate of drug-likeness (QED) is 0.935. The first-order valence-corrected chi connectivity index (χ1v) is 8.44. The third-order valence-corrected chi connectivity index (χ3v) is 4.75. The van der Waals surface area contributed by atoms with E-state index >= 15 is 0 Å². The molecule has 1 aliphatic heterocycles. The Hall–Kier alpha value is -2.21. The van der Waals surface area contributed by atoms with Crippen LogP contribution in [0.4, 0.5) is 10.1 Å². The van der Waals surface area contributed by atoms with Crippen molar-refractivity contribution in [2.24, 2.45) is 0 Å². The van der Waals surface area contributed by atoms with E-state index in [0.29, 0.717) is 23.5 Å². The predicted molar refractivity (Wildman–Crippen MR) is 88.0 cm³/mol. The summed E-state index contributed by atoms with van der Waals surface area (Å²) >= 11 is 1.37. The van der Waals surface area contributed by atoms with Crippen molar-refractivity contribution < 1.29 is 14.0 Å². The molecule has 0 spiro atoms. The molecule has 2 heterocycles. The van der Waals surface area contributed by atoms with E-state index in [-0.39, 0.29) is 11.8 Å². The fourth-order valence-electron chi connectivity index (χ4n) is 2.78. The van der Waals surface area contributed by atoms with Crippen LogP contribution in [0.5, 0.6) is 0 Å². The van der Waals surface area contributed by atoms with Gasteiger partial charge in [0, 0.05) is 12.2 Å². The lowest BCUT2D eigenvalue weighted by Gasteiger charge is -2.34. The largest absolute Gasteiger partial charge is 0.326 e. The number of piperidine rings is 1. The minimum absolute atomic E-state index is 0.112. The molecular formula is C17H17FN2O2S. The number of benzene rings is 1. The minimum Gasteiger partial charge on any atom is -0.326 e. The Morgan fingerprint density at radius 3 is 2.83 bits per heavy atom. The number of hydrogen-bond donors (Lipinski definition) is 1. The Morgan fingerprint density at radius 2 is 2.09 bits per heavy atom. The van der Waals surface area contributed by atoms with Gasteiger partial charge < -0.3 is 10.2 Å². The normalized spacial score (nSPS) is 17.8. The molecule has 4 nitrogen and oxygen atoms in total. The number of likely N-dealkylation sites (tertiary alicyclic amines) is 1. The highest BCUT2D eigenvalue weighted by Crippen LogP contribution is 2.23. The summed E-state index contributed by atoms with van der Waals surface area (Å²) in [4.78, 5) is 27.4. The van der Waals surface area contributed by atoms with E-state index in [1.807, 2.05) is 11.4 Å². The first-order chi connectivity index (χ1) is 11.1. The first-order valence-electron chi connectivity index (χ1n) is 7.56. The second-order valence-corrected chi connectivity index (χ2v) is 6.43. The lowest BCUT2D eigenvalue weighted by atomic mass is 10.0. The highest BCUT2D eigenvalue weighted by Gasteiger charge is 2.33. The van der Waals surface area contributed by atoms with E-state index in [1.54, 1.807) is 23.1 Å². The summed E-state index contributed by atoms with van der Waals surface area (Å²) in [7, 11) is 0. The Bertz CT molecular complexity index is 702. The second-order valence-electron chi connectivity index (χ2n) is 5.49. The lowest BCUT2D eigenvalue weighted by molar-refractivity contribution is -0.121.